The summed E-state index contributed by atoms with van der Waals surface area (Å²) in [5.74, 6) is 5.55. The van der Waals surface area contributed by atoms with Gasteiger partial charge in [-0.15, -0.1) is 0 Å². The molecule has 1 amide bonds. The van der Waals surface area contributed by atoms with E-state index in [1.807, 2.05) is 20.2 Å². The molecule has 0 bridgehead atoms. The van der Waals surface area contributed by atoms with Gasteiger partial charge >= 0.3 is 0 Å². The van der Waals surface area contributed by atoms with Crippen LogP contribution in [0.25, 0.3) is 0 Å². The molecule has 2 aromatic rings. The molecule has 20 heavy (non-hydrogen) atoms. The van der Waals surface area contributed by atoms with Crippen LogP contribution in [-0.2, 0) is 20.0 Å². The predicted molar refractivity (Wildman–Crippen MR) is 75.8 cm³/mol. The van der Waals surface area contributed by atoms with E-state index in [-0.39, 0.29) is 5.91 Å². The predicted octanol–water partition coefficient (Wildman–Crippen LogP) is 0.593. The quantitative estimate of drug-likeness (QED) is 0.547. The van der Waals surface area contributed by atoms with Crippen LogP contribution in [0.4, 0.5) is 5.82 Å². The van der Waals surface area contributed by atoms with Crippen LogP contribution < -0.4 is 16.6 Å². The Balaban J connectivity index is 2.04. The molecule has 106 valence electrons. The highest BCUT2D eigenvalue weighted by molar-refractivity contribution is 5.94. The number of hydrogen-bond acceptors (Lipinski definition) is 5. The van der Waals surface area contributed by atoms with E-state index in [0.717, 1.165) is 17.7 Å². The van der Waals surface area contributed by atoms with Gasteiger partial charge in [0.05, 0.1) is 5.69 Å². The number of rotatable bonds is 5. The van der Waals surface area contributed by atoms with E-state index in [1.54, 1.807) is 16.8 Å². The van der Waals surface area contributed by atoms with Crippen LogP contribution in [0.15, 0.2) is 24.5 Å². The highest BCUT2D eigenvalue weighted by Gasteiger charge is 2.10. The zero-order valence-electron chi connectivity index (χ0n) is 11.6. The summed E-state index contributed by atoms with van der Waals surface area (Å²) in [4.78, 5) is 16.0. The number of carbonyl (C=O) groups excluding carboxylic acids is 1. The van der Waals surface area contributed by atoms with Crippen molar-refractivity contribution in [2.24, 2.45) is 12.9 Å². The second-order valence-corrected chi connectivity index (χ2v) is 4.39. The van der Waals surface area contributed by atoms with Gasteiger partial charge in [0.25, 0.3) is 5.91 Å². The smallest absolute Gasteiger partial charge is 0.251 e. The van der Waals surface area contributed by atoms with Crippen molar-refractivity contribution in [3.63, 3.8) is 0 Å². The number of nitrogens with one attached hydrogen (secondary N) is 2. The third-order valence-corrected chi connectivity index (χ3v) is 2.94. The number of nitrogens with two attached hydrogens (primary N) is 1. The van der Waals surface area contributed by atoms with Crippen molar-refractivity contribution in [3.8, 4) is 0 Å². The van der Waals surface area contributed by atoms with E-state index in [2.05, 4.69) is 20.8 Å². The molecule has 0 saturated heterocycles. The molecular weight excluding hydrogens is 256 g/mol. The average molecular weight is 274 g/mol. The van der Waals surface area contributed by atoms with Gasteiger partial charge in [-0.3, -0.25) is 9.48 Å². The van der Waals surface area contributed by atoms with E-state index in [9.17, 15) is 4.79 Å². The topological polar surface area (TPSA) is 97.9 Å². The van der Waals surface area contributed by atoms with Gasteiger partial charge in [0.15, 0.2) is 0 Å². The SMILES string of the molecule is CCc1nn(C)cc1CNC(=O)c1ccnc(NN)c1. The Morgan fingerprint density at radius 2 is 2.30 bits per heavy atom. The summed E-state index contributed by atoms with van der Waals surface area (Å²) in [6.07, 6.45) is 4.28. The maximum atomic E-state index is 12.1. The second kappa shape index (κ2) is 6.16. The lowest BCUT2D eigenvalue weighted by molar-refractivity contribution is 0.0951. The van der Waals surface area contributed by atoms with E-state index < -0.39 is 0 Å². The highest BCUT2D eigenvalue weighted by atomic mass is 16.1. The Labute approximate surface area is 117 Å². The standard InChI is InChI=1S/C13H18N6O/c1-3-11-10(8-19(2)18-11)7-16-13(20)9-4-5-15-12(6-9)17-14/h4-6,8H,3,7,14H2,1-2H3,(H,15,17)(H,16,20). The first-order valence-corrected chi connectivity index (χ1v) is 6.36. The molecule has 2 aromatic heterocycles. The molecular formula is C13H18N6O. The molecule has 0 radical (unpaired) electrons. The molecule has 0 saturated carbocycles. The molecule has 2 heterocycles. The lowest BCUT2D eigenvalue weighted by Crippen LogP contribution is -2.23. The van der Waals surface area contributed by atoms with E-state index in [0.29, 0.717) is 17.9 Å². The largest absolute Gasteiger partial charge is 0.348 e. The fourth-order valence-corrected chi connectivity index (χ4v) is 1.96. The van der Waals surface area contributed by atoms with Crippen molar-refractivity contribution < 1.29 is 4.79 Å². The van der Waals surface area contributed by atoms with E-state index in [4.69, 9.17) is 5.84 Å². The zero-order valence-corrected chi connectivity index (χ0v) is 11.6. The summed E-state index contributed by atoms with van der Waals surface area (Å²) in [7, 11) is 1.87. The Morgan fingerprint density at radius 3 is 3.00 bits per heavy atom. The van der Waals surface area contributed by atoms with Gasteiger partial charge < -0.3 is 10.7 Å². The number of amides is 1. The monoisotopic (exact) mass is 274 g/mol. The van der Waals surface area contributed by atoms with Crippen LogP contribution in [0.3, 0.4) is 0 Å². The normalized spacial score (nSPS) is 10.3. The number of hydrogen-bond donors (Lipinski definition) is 3. The summed E-state index contributed by atoms with van der Waals surface area (Å²) in [6.45, 7) is 2.49. The summed E-state index contributed by atoms with van der Waals surface area (Å²) >= 11 is 0. The van der Waals surface area contributed by atoms with Crippen LogP contribution in [0.2, 0.25) is 0 Å². The van der Waals surface area contributed by atoms with Crippen LogP contribution in [-0.4, -0.2) is 20.7 Å². The maximum absolute atomic E-state index is 12.1. The van der Waals surface area contributed by atoms with Crippen LogP contribution in [0.5, 0.6) is 0 Å². The maximum Gasteiger partial charge on any atom is 0.251 e. The Kier molecular flexibility index (Phi) is 4.31. The lowest BCUT2D eigenvalue weighted by atomic mass is 10.2. The summed E-state index contributed by atoms with van der Waals surface area (Å²) in [6, 6.07) is 3.24. The number of hydrazine groups is 1. The summed E-state index contributed by atoms with van der Waals surface area (Å²) in [5.41, 5.74) is 4.94. The molecule has 0 aromatic carbocycles. The fraction of sp³-hybridized carbons (Fsp3) is 0.308. The van der Waals surface area contributed by atoms with Crippen LogP contribution >= 0.6 is 0 Å². The van der Waals surface area contributed by atoms with Crippen LogP contribution in [0, 0.1) is 0 Å². The van der Waals surface area contributed by atoms with Crippen molar-refractivity contribution in [2.45, 2.75) is 19.9 Å². The van der Waals surface area contributed by atoms with Crippen molar-refractivity contribution >= 4 is 11.7 Å². The molecule has 0 unspecified atom stereocenters. The Hall–Kier alpha value is -2.41. The van der Waals surface area contributed by atoms with E-state index >= 15 is 0 Å². The molecule has 0 aliphatic heterocycles. The Morgan fingerprint density at radius 1 is 1.50 bits per heavy atom. The minimum atomic E-state index is -0.171. The molecule has 0 aliphatic rings. The van der Waals surface area contributed by atoms with Gasteiger partial charge in [-0.2, -0.15) is 5.10 Å². The number of carbonyl (C=O) groups is 1. The number of aromatic nitrogens is 3. The van der Waals surface area contributed by atoms with Crippen LogP contribution in [0.1, 0.15) is 28.5 Å². The van der Waals surface area contributed by atoms with Gasteiger partial charge in [-0.1, -0.05) is 6.92 Å². The molecule has 0 aliphatic carbocycles. The third kappa shape index (κ3) is 3.12. The molecule has 0 atom stereocenters. The molecule has 4 N–H and O–H groups in total. The van der Waals surface area contributed by atoms with Gasteiger partial charge in [0.1, 0.15) is 5.82 Å². The first kappa shape index (κ1) is 14.0. The summed E-state index contributed by atoms with van der Waals surface area (Å²) < 4.78 is 1.75. The number of nitrogen functional groups attached to an aromatic ring is 1. The molecule has 2 rings (SSSR count). The number of aryl methyl sites for hydroxylation is 2. The first-order valence-electron chi connectivity index (χ1n) is 6.36. The number of pyridine rings is 1. The van der Waals surface area contributed by atoms with Crippen molar-refractivity contribution in [1.29, 1.82) is 0 Å². The molecule has 0 fully saturated rings. The van der Waals surface area contributed by atoms with Crippen molar-refractivity contribution in [1.82, 2.24) is 20.1 Å². The summed E-state index contributed by atoms with van der Waals surface area (Å²) in [5, 5.41) is 7.20. The minimum Gasteiger partial charge on any atom is -0.348 e. The molecule has 0 spiro atoms. The first-order chi connectivity index (χ1) is 9.63. The van der Waals surface area contributed by atoms with Crippen molar-refractivity contribution in [2.75, 3.05) is 5.43 Å². The van der Waals surface area contributed by atoms with Gasteiger partial charge in [0, 0.05) is 37.1 Å². The second-order valence-electron chi connectivity index (χ2n) is 4.39. The minimum absolute atomic E-state index is 0.171. The van der Waals surface area contributed by atoms with Crippen molar-refractivity contribution in [3.05, 3.63) is 41.3 Å². The zero-order chi connectivity index (χ0) is 14.5. The van der Waals surface area contributed by atoms with Gasteiger partial charge in [0.2, 0.25) is 0 Å². The Bertz CT molecular complexity index is 607. The van der Waals surface area contributed by atoms with E-state index in [1.165, 1.54) is 6.20 Å². The fourth-order valence-electron chi connectivity index (χ4n) is 1.96. The van der Waals surface area contributed by atoms with Gasteiger partial charge in [-0.25, -0.2) is 10.8 Å². The lowest BCUT2D eigenvalue weighted by Gasteiger charge is -2.06. The highest BCUT2D eigenvalue weighted by Crippen LogP contribution is 2.08. The third-order valence-electron chi connectivity index (χ3n) is 2.94. The molecule has 7 heteroatoms. The molecule has 7 nitrogen and oxygen atoms in total. The number of nitrogens with zero attached hydrogens (tertiary/aromatic N) is 3. The average Bonchev–Trinajstić information content (AvgIpc) is 2.85. The number of anilines is 1. The van der Waals surface area contributed by atoms with Gasteiger partial charge in [-0.05, 0) is 18.6 Å².